The van der Waals surface area contributed by atoms with E-state index in [1.807, 2.05) is 4.68 Å². The highest BCUT2D eigenvalue weighted by Crippen LogP contribution is 2.28. The van der Waals surface area contributed by atoms with E-state index in [-0.39, 0.29) is 6.54 Å². The second-order valence-electron chi connectivity index (χ2n) is 3.83. The molecule has 2 aromatic rings. The fourth-order valence-electron chi connectivity index (χ4n) is 1.66. The molecule has 0 unspecified atom stereocenters. The number of nitrogens with two attached hydrogens (primary N) is 1. The van der Waals surface area contributed by atoms with Gasteiger partial charge in [0.25, 0.3) is 5.22 Å². The van der Waals surface area contributed by atoms with E-state index in [9.17, 15) is 0 Å². The molecule has 0 aromatic carbocycles. The first kappa shape index (κ1) is 14.5. The van der Waals surface area contributed by atoms with Crippen molar-refractivity contribution in [3.05, 3.63) is 21.8 Å². The van der Waals surface area contributed by atoms with Crippen molar-refractivity contribution in [2.75, 3.05) is 0 Å². The fourth-order valence-corrected chi connectivity index (χ4v) is 3.36. The molecule has 6 nitrogen and oxygen atoms in total. The third kappa shape index (κ3) is 3.18. The lowest BCUT2D eigenvalue weighted by Gasteiger charge is -2.03. The van der Waals surface area contributed by atoms with Crippen LogP contribution in [0.15, 0.2) is 14.1 Å². The molecule has 2 aromatic heterocycles. The van der Waals surface area contributed by atoms with Crippen molar-refractivity contribution < 1.29 is 4.42 Å². The Labute approximate surface area is 124 Å². The zero-order valence-electron chi connectivity index (χ0n) is 10.9. The summed E-state index contributed by atoms with van der Waals surface area (Å²) >= 11 is 5.10. The molecule has 2 N–H and O–H groups in total. The number of rotatable bonds is 6. The van der Waals surface area contributed by atoms with Gasteiger partial charge >= 0.3 is 0 Å². The van der Waals surface area contributed by atoms with Crippen LogP contribution in [0.2, 0.25) is 0 Å². The Morgan fingerprint density at radius 2 is 2.16 bits per heavy atom. The average Bonchev–Trinajstić information content (AvgIpc) is 3.00. The standard InChI is InChI=1S/C11H16BrN5OS/c1-3-7-10(12)8(17(4-2)16-7)6-19-11-15-14-9(5-13)18-11/h3-6,13H2,1-2H3. The Morgan fingerprint density at radius 1 is 1.37 bits per heavy atom. The van der Waals surface area contributed by atoms with Crippen LogP contribution in [-0.4, -0.2) is 20.0 Å². The summed E-state index contributed by atoms with van der Waals surface area (Å²) < 4.78 is 8.44. The zero-order chi connectivity index (χ0) is 13.8. The molecule has 0 radical (unpaired) electrons. The molecule has 2 heterocycles. The van der Waals surface area contributed by atoms with Crippen molar-refractivity contribution in [1.29, 1.82) is 0 Å². The molecule has 0 saturated carbocycles. The van der Waals surface area contributed by atoms with Gasteiger partial charge in [-0.15, -0.1) is 10.2 Å². The van der Waals surface area contributed by atoms with Crippen molar-refractivity contribution in [1.82, 2.24) is 20.0 Å². The van der Waals surface area contributed by atoms with Crippen LogP contribution in [0.5, 0.6) is 0 Å². The maximum Gasteiger partial charge on any atom is 0.277 e. The van der Waals surface area contributed by atoms with Crippen molar-refractivity contribution >= 4 is 27.7 Å². The predicted octanol–water partition coefficient (Wildman–Crippen LogP) is 2.36. The van der Waals surface area contributed by atoms with E-state index < -0.39 is 0 Å². The third-order valence-corrected chi connectivity index (χ3v) is 4.39. The summed E-state index contributed by atoms with van der Waals surface area (Å²) in [4.78, 5) is 0. The van der Waals surface area contributed by atoms with Crippen LogP contribution in [0.4, 0.5) is 0 Å². The molecular weight excluding hydrogens is 330 g/mol. The van der Waals surface area contributed by atoms with E-state index in [1.165, 1.54) is 11.8 Å². The van der Waals surface area contributed by atoms with Gasteiger partial charge in [-0.1, -0.05) is 18.7 Å². The summed E-state index contributed by atoms with van der Waals surface area (Å²) in [6, 6.07) is 0. The molecule has 0 bridgehead atoms. The normalized spacial score (nSPS) is 11.2. The van der Waals surface area contributed by atoms with Gasteiger partial charge in [0, 0.05) is 12.3 Å². The van der Waals surface area contributed by atoms with Gasteiger partial charge in [0.1, 0.15) is 0 Å². The Bertz CT molecular complexity index is 553. The number of aryl methyl sites for hydroxylation is 2. The SMILES string of the molecule is CCc1nn(CC)c(CSc2nnc(CN)o2)c1Br. The number of halogens is 1. The Kier molecular flexibility index (Phi) is 5.00. The minimum atomic E-state index is 0.268. The molecule has 0 aliphatic heterocycles. The molecule has 0 saturated heterocycles. The maximum atomic E-state index is 5.43. The number of hydrogen-bond acceptors (Lipinski definition) is 6. The summed E-state index contributed by atoms with van der Waals surface area (Å²) in [5, 5.41) is 12.9. The molecule has 0 atom stereocenters. The van der Waals surface area contributed by atoms with Gasteiger partial charge in [0.15, 0.2) is 0 Å². The summed E-state index contributed by atoms with van der Waals surface area (Å²) in [7, 11) is 0. The van der Waals surface area contributed by atoms with Crippen LogP contribution in [0.3, 0.4) is 0 Å². The van der Waals surface area contributed by atoms with Gasteiger partial charge in [-0.25, -0.2) is 0 Å². The molecule has 0 aliphatic rings. The van der Waals surface area contributed by atoms with E-state index in [4.69, 9.17) is 10.2 Å². The summed E-state index contributed by atoms with van der Waals surface area (Å²) in [6.45, 7) is 5.28. The largest absolute Gasteiger partial charge is 0.415 e. The first-order chi connectivity index (χ1) is 9.19. The smallest absolute Gasteiger partial charge is 0.277 e. The van der Waals surface area contributed by atoms with Gasteiger partial charge in [0.2, 0.25) is 5.89 Å². The Morgan fingerprint density at radius 3 is 2.74 bits per heavy atom. The molecule has 0 fully saturated rings. The summed E-state index contributed by atoms with van der Waals surface area (Å²) in [5.41, 5.74) is 7.65. The van der Waals surface area contributed by atoms with Crippen LogP contribution < -0.4 is 5.73 Å². The van der Waals surface area contributed by atoms with Crippen molar-refractivity contribution in [2.45, 2.75) is 44.3 Å². The first-order valence-electron chi connectivity index (χ1n) is 6.08. The van der Waals surface area contributed by atoms with E-state index in [2.05, 4.69) is 45.1 Å². The highest BCUT2D eigenvalue weighted by molar-refractivity contribution is 9.10. The van der Waals surface area contributed by atoms with Crippen molar-refractivity contribution in [3.63, 3.8) is 0 Å². The van der Waals surface area contributed by atoms with Gasteiger partial charge in [-0.05, 0) is 29.3 Å². The quantitative estimate of drug-likeness (QED) is 0.809. The lowest BCUT2D eigenvalue weighted by molar-refractivity contribution is 0.414. The second kappa shape index (κ2) is 6.53. The van der Waals surface area contributed by atoms with Gasteiger partial charge in [-0.2, -0.15) is 5.10 Å². The summed E-state index contributed by atoms with van der Waals surface area (Å²) in [6.07, 6.45) is 0.906. The van der Waals surface area contributed by atoms with Crippen LogP contribution in [0.25, 0.3) is 0 Å². The van der Waals surface area contributed by atoms with Crippen LogP contribution in [0.1, 0.15) is 31.1 Å². The maximum absolute atomic E-state index is 5.43. The molecule has 0 aliphatic carbocycles. The topological polar surface area (TPSA) is 82.8 Å². The Hall–Kier alpha value is -0.860. The number of thioether (sulfide) groups is 1. The third-order valence-electron chi connectivity index (χ3n) is 2.65. The van der Waals surface area contributed by atoms with E-state index in [1.54, 1.807) is 0 Å². The van der Waals surface area contributed by atoms with Crippen LogP contribution in [-0.2, 0) is 25.3 Å². The molecule has 8 heteroatoms. The molecule has 19 heavy (non-hydrogen) atoms. The zero-order valence-corrected chi connectivity index (χ0v) is 13.3. The molecule has 0 spiro atoms. The van der Waals surface area contributed by atoms with E-state index in [0.717, 1.165) is 34.6 Å². The second-order valence-corrected chi connectivity index (χ2v) is 5.55. The lowest BCUT2D eigenvalue weighted by atomic mass is 10.3. The molecular formula is C11H16BrN5OS. The average molecular weight is 346 g/mol. The van der Waals surface area contributed by atoms with Crippen molar-refractivity contribution in [2.24, 2.45) is 5.73 Å². The molecule has 2 rings (SSSR count). The summed E-state index contributed by atoms with van der Waals surface area (Å²) in [5.74, 6) is 1.19. The lowest BCUT2D eigenvalue weighted by Crippen LogP contribution is -2.01. The highest BCUT2D eigenvalue weighted by atomic mass is 79.9. The first-order valence-corrected chi connectivity index (χ1v) is 7.86. The monoisotopic (exact) mass is 345 g/mol. The number of nitrogens with zero attached hydrogens (tertiary/aromatic N) is 4. The van der Waals surface area contributed by atoms with E-state index in [0.29, 0.717) is 11.1 Å². The van der Waals surface area contributed by atoms with E-state index >= 15 is 0 Å². The molecule has 104 valence electrons. The van der Waals surface area contributed by atoms with Crippen molar-refractivity contribution in [3.8, 4) is 0 Å². The molecule has 0 amide bonds. The van der Waals surface area contributed by atoms with Gasteiger partial charge < -0.3 is 10.2 Å². The minimum Gasteiger partial charge on any atom is -0.415 e. The number of aromatic nitrogens is 4. The van der Waals surface area contributed by atoms with Gasteiger partial charge in [-0.3, -0.25) is 4.68 Å². The van der Waals surface area contributed by atoms with Gasteiger partial charge in [0.05, 0.1) is 22.4 Å². The Balaban J connectivity index is 2.12. The van der Waals surface area contributed by atoms with Crippen LogP contribution in [0, 0.1) is 0 Å². The van der Waals surface area contributed by atoms with Crippen LogP contribution >= 0.6 is 27.7 Å². The number of hydrogen-bond donors (Lipinski definition) is 1. The predicted molar refractivity (Wildman–Crippen MR) is 76.7 cm³/mol. The minimum absolute atomic E-state index is 0.268. The fraction of sp³-hybridized carbons (Fsp3) is 0.545. The highest BCUT2D eigenvalue weighted by Gasteiger charge is 2.15.